The molecule has 144 valence electrons. The van der Waals surface area contributed by atoms with Crippen LogP contribution in [0.1, 0.15) is 21.5 Å². The molecule has 0 aromatic heterocycles. The molecule has 0 saturated heterocycles. The van der Waals surface area contributed by atoms with Crippen LogP contribution >= 0.6 is 0 Å². The van der Waals surface area contributed by atoms with E-state index < -0.39 is 10.8 Å². The van der Waals surface area contributed by atoms with E-state index in [1.54, 1.807) is 0 Å². The number of hydrogen-bond acceptors (Lipinski definition) is 4. The second kappa shape index (κ2) is 7.55. The van der Waals surface area contributed by atoms with Crippen molar-refractivity contribution in [1.29, 1.82) is 0 Å². The maximum Gasteiger partial charge on any atom is 0.270 e. The van der Waals surface area contributed by atoms with Crippen LogP contribution in [0.2, 0.25) is 0 Å². The highest BCUT2D eigenvalue weighted by atomic mass is 16.6. The zero-order valence-electron chi connectivity index (χ0n) is 15.3. The monoisotopic (exact) mass is 387 g/mol. The number of benzene rings is 3. The predicted molar refractivity (Wildman–Crippen MR) is 109 cm³/mol. The fraction of sp³-hybridized carbons (Fsp3) is 0.0909. The number of carbonyl (C=O) groups excluding carboxylic acids is 2. The summed E-state index contributed by atoms with van der Waals surface area (Å²) in [7, 11) is 0. The summed E-state index contributed by atoms with van der Waals surface area (Å²) >= 11 is 0. The van der Waals surface area contributed by atoms with Crippen LogP contribution in [-0.2, 0) is 11.2 Å². The second-order valence-corrected chi connectivity index (χ2v) is 6.74. The van der Waals surface area contributed by atoms with Gasteiger partial charge in [0.1, 0.15) is 0 Å². The summed E-state index contributed by atoms with van der Waals surface area (Å²) in [5, 5.41) is 16.1. The number of nitro groups is 1. The molecule has 0 aliphatic heterocycles. The Morgan fingerprint density at radius 3 is 2.55 bits per heavy atom. The minimum absolute atomic E-state index is 0.126. The Morgan fingerprint density at radius 1 is 0.931 bits per heavy atom. The number of carbonyl (C=O) groups is 2. The third kappa shape index (κ3) is 3.84. The molecule has 0 saturated carbocycles. The number of hydrogen-bond donors (Lipinski definition) is 2. The van der Waals surface area contributed by atoms with Crippen LogP contribution in [0.3, 0.4) is 0 Å². The van der Waals surface area contributed by atoms with Crippen LogP contribution in [0.25, 0.3) is 11.1 Å². The predicted octanol–water partition coefficient (Wildman–Crippen LogP) is 3.53. The Kier molecular flexibility index (Phi) is 4.78. The average molecular weight is 387 g/mol. The Morgan fingerprint density at radius 2 is 1.72 bits per heavy atom. The molecule has 0 fully saturated rings. The Hall–Kier alpha value is -4.00. The first-order valence-electron chi connectivity index (χ1n) is 9.05. The molecule has 7 heteroatoms. The van der Waals surface area contributed by atoms with Gasteiger partial charge in [0.2, 0.25) is 5.91 Å². The van der Waals surface area contributed by atoms with Gasteiger partial charge in [0.05, 0.1) is 11.5 Å². The van der Waals surface area contributed by atoms with Gasteiger partial charge in [-0.1, -0.05) is 36.4 Å². The van der Waals surface area contributed by atoms with E-state index in [0.717, 1.165) is 17.5 Å². The van der Waals surface area contributed by atoms with E-state index in [1.807, 2.05) is 30.3 Å². The van der Waals surface area contributed by atoms with Gasteiger partial charge in [-0.3, -0.25) is 19.7 Å². The topological polar surface area (TPSA) is 101 Å². The van der Waals surface area contributed by atoms with Gasteiger partial charge >= 0.3 is 0 Å². The van der Waals surface area contributed by atoms with E-state index in [0.29, 0.717) is 5.69 Å². The Bertz CT molecular complexity index is 1140. The van der Waals surface area contributed by atoms with Gasteiger partial charge in [-0.15, -0.1) is 0 Å². The molecular formula is C22H17N3O4. The molecule has 1 aliphatic rings. The molecule has 4 rings (SSSR count). The zero-order valence-corrected chi connectivity index (χ0v) is 15.3. The Labute approximate surface area is 166 Å². The maximum atomic E-state index is 12.2. The molecule has 3 aromatic carbocycles. The lowest BCUT2D eigenvalue weighted by molar-refractivity contribution is -0.384. The fourth-order valence-electron chi connectivity index (χ4n) is 3.43. The SMILES string of the molecule is O=C(CNC(=O)c1cccc([N+](=O)[O-])c1)Nc1ccc2c(c1)-c1ccccc1C2. The fourth-order valence-corrected chi connectivity index (χ4v) is 3.43. The van der Waals surface area contributed by atoms with Gasteiger partial charge < -0.3 is 10.6 Å². The summed E-state index contributed by atoms with van der Waals surface area (Å²) in [4.78, 5) is 34.6. The van der Waals surface area contributed by atoms with E-state index in [4.69, 9.17) is 0 Å². The third-order valence-corrected chi connectivity index (χ3v) is 4.81. The van der Waals surface area contributed by atoms with Crippen molar-refractivity contribution in [2.45, 2.75) is 6.42 Å². The molecule has 3 aromatic rings. The molecule has 29 heavy (non-hydrogen) atoms. The quantitative estimate of drug-likeness (QED) is 0.404. The van der Waals surface area contributed by atoms with E-state index in [-0.39, 0.29) is 23.7 Å². The number of nitrogens with zero attached hydrogens (tertiary/aromatic N) is 1. The van der Waals surface area contributed by atoms with Crippen LogP contribution in [0.15, 0.2) is 66.7 Å². The number of fused-ring (bicyclic) bond motifs is 3. The molecule has 2 N–H and O–H groups in total. The van der Waals surface area contributed by atoms with Gasteiger partial charge in [-0.25, -0.2) is 0 Å². The molecular weight excluding hydrogens is 370 g/mol. The van der Waals surface area contributed by atoms with Crippen molar-refractivity contribution in [3.05, 3.63) is 93.5 Å². The lowest BCUT2D eigenvalue weighted by atomic mass is 10.1. The van der Waals surface area contributed by atoms with Crippen molar-refractivity contribution in [2.24, 2.45) is 0 Å². The van der Waals surface area contributed by atoms with Crippen molar-refractivity contribution in [3.8, 4) is 11.1 Å². The average Bonchev–Trinajstić information content (AvgIpc) is 3.10. The number of non-ortho nitro benzene ring substituents is 1. The highest BCUT2D eigenvalue weighted by Crippen LogP contribution is 2.37. The molecule has 1 aliphatic carbocycles. The van der Waals surface area contributed by atoms with Gasteiger partial charge in [-0.2, -0.15) is 0 Å². The minimum atomic E-state index is -0.574. The lowest BCUT2D eigenvalue weighted by Crippen LogP contribution is -2.32. The first kappa shape index (κ1) is 18.4. The molecule has 7 nitrogen and oxygen atoms in total. The summed E-state index contributed by atoms with van der Waals surface area (Å²) in [6.45, 7) is -0.241. The minimum Gasteiger partial charge on any atom is -0.343 e. The van der Waals surface area contributed by atoms with Crippen molar-refractivity contribution < 1.29 is 14.5 Å². The smallest absolute Gasteiger partial charge is 0.270 e. The van der Waals surface area contributed by atoms with Gasteiger partial charge in [0, 0.05) is 23.4 Å². The van der Waals surface area contributed by atoms with E-state index in [2.05, 4.69) is 22.8 Å². The van der Waals surface area contributed by atoms with E-state index in [9.17, 15) is 19.7 Å². The summed E-state index contributed by atoms with van der Waals surface area (Å²) in [5.41, 5.74) is 5.33. The largest absolute Gasteiger partial charge is 0.343 e. The number of rotatable bonds is 5. The highest BCUT2D eigenvalue weighted by molar-refractivity contribution is 6.00. The number of amides is 2. The van der Waals surface area contributed by atoms with Gasteiger partial charge in [0.15, 0.2) is 0 Å². The number of anilines is 1. The summed E-state index contributed by atoms with van der Waals surface area (Å²) in [6, 6.07) is 19.3. The maximum absolute atomic E-state index is 12.2. The van der Waals surface area contributed by atoms with Crippen molar-refractivity contribution in [2.75, 3.05) is 11.9 Å². The first-order valence-corrected chi connectivity index (χ1v) is 9.05. The van der Waals surface area contributed by atoms with E-state index >= 15 is 0 Å². The summed E-state index contributed by atoms with van der Waals surface area (Å²) < 4.78 is 0. The molecule has 0 heterocycles. The van der Waals surface area contributed by atoms with Crippen LogP contribution in [0.4, 0.5) is 11.4 Å². The summed E-state index contributed by atoms with van der Waals surface area (Å²) in [6.07, 6.45) is 0.874. The molecule has 0 bridgehead atoms. The van der Waals surface area contributed by atoms with Crippen LogP contribution in [0, 0.1) is 10.1 Å². The van der Waals surface area contributed by atoms with Gasteiger partial charge in [0.25, 0.3) is 11.6 Å². The zero-order chi connectivity index (χ0) is 20.4. The molecule has 0 spiro atoms. The number of nitro benzene ring substituents is 1. The molecule has 0 radical (unpaired) electrons. The van der Waals surface area contributed by atoms with Crippen LogP contribution in [0.5, 0.6) is 0 Å². The second-order valence-electron chi connectivity index (χ2n) is 6.74. The summed E-state index contributed by atoms with van der Waals surface area (Å²) in [5.74, 6) is -0.929. The Balaban J connectivity index is 1.39. The normalized spacial score (nSPS) is 11.3. The molecule has 0 unspecified atom stereocenters. The first-order chi connectivity index (χ1) is 14.0. The number of nitrogens with one attached hydrogen (secondary N) is 2. The van der Waals surface area contributed by atoms with Crippen LogP contribution < -0.4 is 10.6 Å². The van der Waals surface area contributed by atoms with Crippen molar-refractivity contribution in [3.63, 3.8) is 0 Å². The molecule has 0 atom stereocenters. The lowest BCUT2D eigenvalue weighted by Gasteiger charge is -2.09. The highest BCUT2D eigenvalue weighted by Gasteiger charge is 2.18. The van der Waals surface area contributed by atoms with E-state index in [1.165, 1.54) is 35.4 Å². The van der Waals surface area contributed by atoms with Crippen molar-refractivity contribution >= 4 is 23.2 Å². The third-order valence-electron chi connectivity index (χ3n) is 4.81. The van der Waals surface area contributed by atoms with Gasteiger partial charge in [-0.05, 0) is 46.9 Å². The standard InChI is InChI=1S/C22H17N3O4/c26-21(13-23-22(27)16-5-3-6-18(11-16)25(28)29)24-17-9-8-15-10-14-4-1-2-7-19(14)20(15)12-17/h1-9,11-12H,10,13H2,(H,23,27)(H,24,26). The van der Waals surface area contributed by atoms with Crippen LogP contribution in [-0.4, -0.2) is 23.3 Å². The van der Waals surface area contributed by atoms with Crippen molar-refractivity contribution in [1.82, 2.24) is 5.32 Å². The molecule has 2 amide bonds.